The van der Waals surface area contributed by atoms with E-state index in [-0.39, 0.29) is 0 Å². The van der Waals surface area contributed by atoms with E-state index in [0.29, 0.717) is 5.02 Å². The molecule has 0 saturated heterocycles. The fourth-order valence-electron chi connectivity index (χ4n) is 4.47. The van der Waals surface area contributed by atoms with E-state index in [9.17, 15) is 0 Å². The summed E-state index contributed by atoms with van der Waals surface area (Å²) in [6.07, 6.45) is 0. The summed E-state index contributed by atoms with van der Waals surface area (Å²) in [5, 5.41) is 0.691. The molecule has 0 amide bonds. The first-order valence-electron chi connectivity index (χ1n) is 10.8. The summed E-state index contributed by atoms with van der Waals surface area (Å²) in [5.41, 5.74) is 5.76. The van der Waals surface area contributed by atoms with Crippen molar-refractivity contribution in [3.05, 3.63) is 148 Å². The number of hydrogen-bond acceptors (Lipinski definition) is 1. The predicted octanol–water partition coefficient (Wildman–Crippen LogP) is 9.00. The lowest BCUT2D eigenvalue weighted by atomic mass is 9.81. The number of hydrogen-bond donors (Lipinski definition) is 0. The Balaban J connectivity index is 1.89. The standard InChI is InChI=1S/C30H22ClIO/c1-30(24-19-11-12-20-25(24)31)27(22-15-7-3-8-16-22)26(21-13-5-2-6-14-21)29(33-30)28(32)23-17-9-4-10-18-23/h2-20H,1H3/b29-28-/t30-/m0/s1. The minimum absolute atomic E-state index is 0.691. The lowest BCUT2D eigenvalue weighted by molar-refractivity contribution is 0.0940. The average Bonchev–Trinajstić information content (AvgIpc) is 3.19. The zero-order chi connectivity index (χ0) is 22.8. The van der Waals surface area contributed by atoms with E-state index in [1.54, 1.807) is 0 Å². The first kappa shape index (κ1) is 22.0. The Morgan fingerprint density at radius 2 is 1.21 bits per heavy atom. The van der Waals surface area contributed by atoms with Crippen LogP contribution < -0.4 is 0 Å². The Hall–Kier alpha value is -2.82. The van der Waals surface area contributed by atoms with Gasteiger partial charge in [0.05, 0.1) is 3.58 Å². The van der Waals surface area contributed by atoms with Gasteiger partial charge in [-0.15, -0.1) is 0 Å². The van der Waals surface area contributed by atoms with Gasteiger partial charge in [-0.3, -0.25) is 0 Å². The Morgan fingerprint density at radius 3 is 1.82 bits per heavy atom. The smallest absolute Gasteiger partial charge is 0.159 e. The van der Waals surface area contributed by atoms with Crippen molar-refractivity contribution in [3.8, 4) is 0 Å². The molecule has 1 nitrogen and oxygen atoms in total. The predicted molar refractivity (Wildman–Crippen MR) is 147 cm³/mol. The van der Waals surface area contributed by atoms with Crippen molar-refractivity contribution in [2.24, 2.45) is 0 Å². The number of ether oxygens (including phenoxy) is 1. The van der Waals surface area contributed by atoms with Gasteiger partial charge in [0, 0.05) is 21.7 Å². The van der Waals surface area contributed by atoms with Gasteiger partial charge in [-0.25, -0.2) is 0 Å². The summed E-state index contributed by atoms with van der Waals surface area (Å²) in [6, 6.07) is 39.3. The van der Waals surface area contributed by atoms with E-state index in [1.165, 1.54) is 0 Å². The lowest BCUT2D eigenvalue weighted by Crippen LogP contribution is -2.24. The molecule has 0 aromatic heterocycles. The summed E-state index contributed by atoms with van der Waals surface area (Å²) in [7, 11) is 0. The average molecular weight is 561 g/mol. The van der Waals surface area contributed by atoms with Crippen molar-refractivity contribution in [2.75, 3.05) is 0 Å². The Kier molecular flexibility index (Phi) is 6.13. The van der Waals surface area contributed by atoms with Gasteiger partial charge in [-0.1, -0.05) is 121 Å². The SMILES string of the molecule is C[C@@]1(c2ccccc2Cl)O/C(=C(\I)c2ccccc2)C(c2ccccc2)=C1c1ccccc1. The van der Waals surface area contributed by atoms with Gasteiger partial charge < -0.3 is 4.74 Å². The van der Waals surface area contributed by atoms with E-state index in [4.69, 9.17) is 16.3 Å². The second-order valence-electron chi connectivity index (χ2n) is 8.11. The molecule has 0 bridgehead atoms. The summed E-state index contributed by atoms with van der Waals surface area (Å²) in [5.74, 6) is 0.870. The van der Waals surface area contributed by atoms with Gasteiger partial charge in [0.1, 0.15) is 5.76 Å². The first-order chi connectivity index (χ1) is 16.1. The fourth-order valence-corrected chi connectivity index (χ4v) is 5.53. The van der Waals surface area contributed by atoms with Gasteiger partial charge in [-0.2, -0.15) is 0 Å². The molecule has 0 unspecified atom stereocenters. The molecule has 1 atom stereocenters. The highest BCUT2D eigenvalue weighted by Crippen LogP contribution is 2.56. The van der Waals surface area contributed by atoms with Crippen molar-refractivity contribution in [3.63, 3.8) is 0 Å². The third kappa shape index (κ3) is 4.03. The molecule has 0 N–H and O–H groups in total. The molecule has 0 spiro atoms. The number of rotatable bonds is 4. The highest BCUT2D eigenvalue weighted by atomic mass is 127. The molecule has 4 aromatic carbocycles. The van der Waals surface area contributed by atoms with E-state index >= 15 is 0 Å². The van der Waals surface area contributed by atoms with Crippen LogP contribution in [0.1, 0.15) is 29.2 Å². The Bertz CT molecular complexity index is 1340. The number of allylic oxidation sites excluding steroid dienone is 1. The zero-order valence-electron chi connectivity index (χ0n) is 18.1. The van der Waals surface area contributed by atoms with Crippen molar-refractivity contribution >= 4 is 48.9 Å². The molecule has 0 saturated carbocycles. The quantitative estimate of drug-likeness (QED) is 0.226. The fraction of sp³-hybridized carbons (Fsp3) is 0.0667. The highest BCUT2D eigenvalue weighted by Gasteiger charge is 2.46. The topological polar surface area (TPSA) is 9.23 Å². The van der Waals surface area contributed by atoms with E-state index < -0.39 is 5.60 Å². The monoisotopic (exact) mass is 560 g/mol. The molecule has 4 aromatic rings. The van der Waals surface area contributed by atoms with Crippen LogP contribution >= 0.6 is 34.2 Å². The molecule has 1 aliphatic rings. The Labute approximate surface area is 213 Å². The van der Waals surface area contributed by atoms with Crippen LogP contribution in [0.3, 0.4) is 0 Å². The molecular formula is C30H22ClIO. The lowest BCUT2D eigenvalue weighted by Gasteiger charge is -2.30. The minimum Gasteiger partial charge on any atom is -0.476 e. The minimum atomic E-state index is -0.759. The maximum Gasteiger partial charge on any atom is 0.159 e. The first-order valence-corrected chi connectivity index (χ1v) is 12.3. The highest BCUT2D eigenvalue weighted by molar-refractivity contribution is 14.1. The summed E-state index contributed by atoms with van der Waals surface area (Å²) >= 11 is 9.18. The number of benzene rings is 4. The maximum atomic E-state index is 6.98. The van der Waals surface area contributed by atoms with Gasteiger partial charge in [0.15, 0.2) is 5.60 Å². The zero-order valence-corrected chi connectivity index (χ0v) is 21.0. The molecular weight excluding hydrogens is 539 g/mol. The molecule has 3 heteroatoms. The Morgan fingerprint density at radius 1 is 0.697 bits per heavy atom. The molecule has 1 aliphatic heterocycles. The molecule has 0 aliphatic carbocycles. The van der Waals surface area contributed by atoms with Crippen molar-refractivity contribution < 1.29 is 4.74 Å². The second kappa shape index (κ2) is 9.20. The molecule has 162 valence electrons. The third-order valence-corrected chi connectivity index (χ3v) is 7.44. The summed E-state index contributed by atoms with van der Waals surface area (Å²) in [4.78, 5) is 0. The van der Waals surface area contributed by atoms with Crippen molar-refractivity contribution in [2.45, 2.75) is 12.5 Å². The molecule has 33 heavy (non-hydrogen) atoms. The van der Waals surface area contributed by atoms with Gasteiger partial charge >= 0.3 is 0 Å². The molecule has 1 heterocycles. The normalized spacial score (nSPS) is 19.4. The van der Waals surface area contributed by atoms with Crippen LogP contribution in [0.2, 0.25) is 5.02 Å². The van der Waals surface area contributed by atoms with E-state index in [1.807, 2.05) is 36.4 Å². The van der Waals surface area contributed by atoms with Gasteiger partial charge in [0.2, 0.25) is 0 Å². The van der Waals surface area contributed by atoms with Gasteiger partial charge in [0.25, 0.3) is 0 Å². The third-order valence-electron chi connectivity index (χ3n) is 6.00. The van der Waals surface area contributed by atoms with E-state index in [0.717, 1.165) is 42.7 Å². The van der Waals surface area contributed by atoms with Crippen LogP contribution in [0.5, 0.6) is 0 Å². The number of halogens is 2. The second-order valence-corrected chi connectivity index (χ2v) is 9.59. The van der Waals surface area contributed by atoms with Crippen LogP contribution in [-0.4, -0.2) is 0 Å². The van der Waals surface area contributed by atoms with Crippen LogP contribution in [-0.2, 0) is 10.3 Å². The van der Waals surface area contributed by atoms with E-state index in [2.05, 4.69) is 108 Å². The summed E-state index contributed by atoms with van der Waals surface area (Å²) < 4.78 is 8.05. The molecule has 0 radical (unpaired) electrons. The van der Waals surface area contributed by atoms with Crippen LogP contribution in [0.25, 0.3) is 14.7 Å². The van der Waals surface area contributed by atoms with Crippen molar-refractivity contribution in [1.82, 2.24) is 0 Å². The molecule has 0 fully saturated rings. The van der Waals surface area contributed by atoms with Crippen LogP contribution in [0.15, 0.2) is 121 Å². The van der Waals surface area contributed by atoms with Crippen molar-refractivity contribution in [1.29, 1.82) is 0 Å². The maximum absolute atomic E-state index is 6.98. The van der Waals surface area contributed by atoms with Crippen LogP contribution in [0.4, 0.5) is 0 Å². The van der Waals surface area contributed by atoms with Gasteiger partial charge in [-0.05, 0) is 52.3 Å². The largest absolute Gasteiger partial charge is 0.476 e. The molecule has 5 rings (SSSR count). The summed E-state index contributed by atoms with van der Waals surface area (Å²) in [6.45, 7) is 2.13. The van der Waals surface area contributed by atoms with Crippen LogP contribution in [0, 0.1) is 0 Å².